The van der Waals surface area contributed by atoms with Crippen LogP contribution in [0.15, 0.2) is 42.5 Å². The number of alkyl halides is 3. The summed E-state index contributed by atoms with van der Waals surface area (Å²) in [4.78, 5) is 0. The van der Waals surface area contributed by atoms with Crippen molar-refractivity contribution < 1.29 is 25.8 Å². The highest BCUT2D eigenvalue weighted by atomic mass is 35.5. The minimum absolute atomic E-state index is 0.0164. The molecule has 0 heterocycles. The molecule has 4 nitrogen and oxygen atoms in total. The molecule has 0 saturated heterocycles. The predicted octanol–water partition coefficient (Wildman–Crippen LogP) is 6.16. The van der Waals surface area contributed by atoms with Crippen molar-refractivity contribution in [2.45, 2.75) is 19.5 Å². The first-order valence-electron chi connectivity index (χ1n) is 8.18. The summed E-state index contributed by atoms with van der Waals surface area (Å²) in [5.74, 6) is -1.20. The molecular weight excluding hydrogens is 450 g/mol. The lowest BCUT2D eigenvalue weighted by Crippen LogP contribution is -2.14. The maximum Gasteiger partial charge on any atom is 0.417 e. The van der Waals surface area contributed by atoms with Crippen molar-refractivity contribution in [1.29, 1.82) is 5.26 Å². The number of nitriles is 1. The summed E-state index contributed by atoms with van der Waals surface area (Å²) in [6.45, 7) is 1.56. The van der Waals surface area contributed by atoms with Gasteiger partial charge in [-0.15, -0.1) is 0 Å². The third-order valence-corrected chi connectivity index (χ3v) is 5.56. The van der Waals surface area contributed by atoms with Gasteiger partial charge in [-0.2, -0.15) is 26.9 Å². The van der Waals surface area contributed by atoms with Crippen LogP contribution in [-0.2, 0) is 20.5 Å². The third kappa shape index (κ3) is 5.66. The Labute approximate surface area is 176 Å². The van der Waals surface area contributed by atoms with Gasteiger partial charge in [-0.3, -0.25) is 0 Å². The quantitative estimate of drug-likeness (QED) is 0.222. The van der Waals surface area contributed by atoms with Crippen molar-refractivity contribution >= 4 is 44.7 Å². The topological polar surface area (TPSA) is 67.2 Å². The molecule has 2 aromatic carbocycles. The van der Waals surface area contributed by atoms with Crippen LogP contribution in [0.25, 0.3) is 11.3 Å². The maximum absolute atomic E-state index is 13.5. The Morgan fingerprint density at radius 2 is 1.79 bits per heavy atom. The third-order valence-electron chi connectivity index (χ3n) is 3.68. The van der Waals surface area contributed by atoms with Crippen molar-refractivity contribution in [2.75, 3.05) is 5.75 Å². The summed E-state index contributed by atoms with van der Waals surface area (Å²) >= 11 is 11.9. The van der Waals surface area contributed by atoms with Crippen LogP contribution < -0.4 is 0 Å². The first-order chi connectivity index (χ1) is 13.5. The van der Waals surface area contributed by atoms with Crippen LogP contribution in [0.5, 0.6) is 0 Å². The Morgan fingerprint density at radius 1 is 1.14 bits per heavy atom. The van der Waals surface area contributed by atoms with E-state index in [1.165, 1.54) is 24.3 Å². The van der Waals surface area contributed by atoms with Gasteiger partial charge in [0.15, 0.2) is 5.76 Å². The van der Waals surface area contributed by atoms with Gasteiger partial charge in [-0.05, 0) is 24.6 Å². The van der Waals surface area contributed by atoms with Crippen molar-refractivity contribution in [3.63, 3.8) is 0 Å². The van der Waals surface area contributed by atoms with E-state index in [2.05, 4.69) is 0 Å². The minimum Gasteiger partial charge on any atom is -0.380 e. The first-order valence-corrected chi connectivity index (χ1v) is 10.5. The Balaban J connectivity index is 2.88. The highest BCUT2D eigenvalue weighted by Crippen LogP contribution is 2.40. The second-order valence-corrected chi connectivity index (χ2v) is 8.36. The minimum atomic E-state index is -4.82. The highest BCUT2D eigenvalue weighted by molar-refractivity contribution is 7.86. The van der Waals surface area contributed by atoms with Crippen molar-refractivity contribution in [1.82, 2.24) is 0 Å². The lowest BCUT2D eigenvalue weighted by atomic mass is 9.98. The summed E-state index contributed by atoms with van der Waals surface area (Å²) in [7, 11) is -4.27. The van der Waals surface area contributed by atoms with Crippen molar-refractivity contribution in [3.05, 3.63) is 69.2 Å². The molecule has 0 aliphatic carbocycles. The summed E-state index contributed by atoms with van der Waals surface area (Å²) in [6, 6.07) is 9.88. The molecule has 0 radical (unpaired) electrons. The van der Waals surface area contributed by atoms with E-state index in [4.69, 9.17) is 27.4 Å². The molecule has 0 bridgehead atoms. The number of halogens is 5. The van der Waals surface area contributed by atoms with Gasteiger partial charge in [-0.25, -0.2) is 0 Å². The molecule has 10 heteroatoms. The summed E-state index contributed by atoms with van der Waals surface area (Å²) in [5, 5.41) is 9.85. The molecule has 0 atom stereocenters. The lowest BCUT2D eigenvalue weighted by molar-refractivity contribution is -0.137. The monoisotopic (exact) mass is 463 g/mol. The summed E-state index contributed by atoms with van der Waals surface area (Å²) < 4.78 is 70.2. The fourth-order valence-electron chi connectivity index (χ4n) is 2.49. The predicted molar refractivity (Wildman–Crippen MR) is 105 cm³/mol. The molecule has 0 aromatic heterocycles. The van der Waals surface area contributed by atoms with E-state index in [-0.39, 0.29) is 22.0 Å². The molecule has 2 aromatic rings. The van der Waals surface area contributed by atoms with Gasteiger partial charge in [0.2, 0.25) is 0 Å². The van der Waals surface area contributed by atoms with E-state index >= 15 is 0 Å². The van der Waals surface area contributed by atoms with E-state index in [0.29, 0.717) is 0 Å². The zero-order valence-electron chi connectivity index (χ0n) is 14.9. The average Bonchev–Trinajstić information content (AvgIpc) is 2.62. The SMILES string of the molecule is CCCS(=O)(=O)O/C(=C(\C#N)c1ccc(Cl)cc1Cl)c1ccccc1C(F)(F)F. The van der Waals surface area contributed by atoms with Gasteiger partial charge in [-0.1, -0.05) is 54.4 Å². The molecule has 0 fully saturated rings. The molecule has 0 aliphatic heterocycles. The van der Waals surface area contributed by atoms with Gasteiger partial charge in [0.1, 0.15) is 11.6 Å². The first kappa shape index (κ1) is 23.1. The molecule has 0 amide bonds. The van der Waals surface area contributed by atoms with Crippen LogP contribution in [0, 0.1) is 11.3 Å². The normalized spacial score (nSPS) is 12.9. The molecule has 0 unspecified atom stereocenters. The number of allylic oxidation sites excluding steroid dienone is 1. The molecule has 29 heavy (non-hydrogen) atoms. The molecule has 154 valence electrons. The van der Waals surface area contributed by atoms with Gasteiger partial charge in [0.05, 0.1) is 16.3 Å². The number of hydrogen-bond acceptors (Lipinski definition) is 4. The van der Waals surface area contributed by atoms with Crippen LogP contribution in [0.2, 0.25) is 10.0 Å². The molecule has 0 aliphatic rings. The van der Waals surface area contributed by atoms with Gasteiger partial charge in [0.25, 0.3) is 0 Å². The van der Waals surface area contributed by atoms with Gasteiger partial charge >= 0.3 is 16.3 Å². The van der Waals surface area contributed by atoms with Gasteiger partial charge in [0, 0.05) is 16.1 Å². The molecular formula is C19H14Cl2F3NO3S. The van der Waals surface area contributed by atoms with E-state index in [9.17, 15) is 26.9 Å². The zero-order chi connectivity index (χ0) is 21.8. The van der Waals surface area contributed by atoms with E-state index in [1.54, 1.807) is 13.0 Å². The second-order valence-electron chi connectivity index (χ2n) is 5.83. The smallest absolute Gasteiger partial charge is 0.380 e. The largest absolute Gasteiger partial charge is 0.417 e. The van der Waals surface area contributed by atoms with Crippen LogP contribution in [0.4, 0.5) is 13.2 Å². The average molecular weight is 464 g/mol. The maximum atomic E-state index is 13.5. The standard InChI is InChI=1S/C19H14Cl2F3NO3S/c1-2-9-29(26,27)28-18(14-5-3-4-6-16(14)19(22,23)24)15(11-25)13-8-7-12(20)10-17(13)21/h3-8,10H,2,9H2,1H3/b18-15+. The fraction of sp³-hybridized carbons (Fsp3) is 0.211. The van der Waals surface area contributed by atoms with Crippen LogP contribution >= 0.6 is 23.2 Å². The lowest BCUT2D eigenvalue weighted by Gasteiger charge is -2.18. The van der Waals surface area contributed by atoms with Crippen LogP contribution in [0.1, 0.15) is 30.0 Å². The van der Waals surface area contributed by atoms with Gasteiger partial charge < -0.3 is 4.18 Å². The number of hydrogen-bond donors (Lipinski definition) is 0. The Hall–Kier alpha value is -2.21. The highest BCUT2D eigenvalue weighted by Gasteiger charge is 2.36. The van der Waals surface area contributed by atoms with E-state index < -0.39 is 44.5 Å². The number of nitrogens with zero attached hydrogens (tertiary/aromatic N) is 1. The Kier molecular flexibility index (Phi) is 7.22. The van der Waals surface area contributed by atoms with Crippen LogP contribution in [-0.4, -0.2) is 14.2 Å². The molecule has 0 spiro atoms. The van der Waals surface area contributed by atoms with E-state index in [0.717, 1.165) is 18.2 Å². The van der Waals surface area contributed by atoms with Crippen molar-refractivity contribution in [2.24, 2.45) is 0 Å². The van der Waals surface area contributed by atoms with E-state index in [1.807, 2.05) is 0 Å². The van der Waals surface area contributed by atoms with Crippen molar-refractivity contribution in [3.8, 4) is 6.07 Å². The Morgan fingerprint density at radius 3 is 2.34 bits per heavy atom. The fourth-order valence-corrected chi connectivity index (χ4v) is 4.01. The molecule has 0 N–H and O–H groups in total. The zero-order valence-corrected chi connectivity index (χ0v) is 17.3. The Bertz CT molecular complexity index is 1090. The second kappa shape index (κ2) is 9.08. The molecule has 2 rings (SSSR count). The summed E-state index contributed by atoms with van der Waals surface area (Å²) in [5.41, 5.74) is -2.23. The van der Waals surface area contributed by atoms with Crippen LogP contribution in [0.3, 0.4) is 0 Å². The number of benzene rings is 2. The molecule has 0 saturated carbocycles. The summed E-state index contributed by atoms with van der Waals surface area (Å²) in [6.07, 6.45) is -4.65. The number of rotatable bonds is 6.